The highest BCUT2D eigenvalue weighted by Crippen LogP contribution is 2.20. The van der Waals surface area contributed by atoms with E-state index >= 15 is 0 Å². The molecule has 0 bridgehead atoms. The van der Waals surface area contributed by atoms with Crippen molar-refractivity contribution in [2.45, 2.75) is 32.7 Å². The van der Waals surface area contributed by atoms with Gasteiger partial charge in [-0.2, -0.15) is 0 Å². The summed E-state index contributed by atoms with van der Waals surface area (Å²) in [6, 6.07) is 15.2. The molecule has 1 N–H and O–H groups in total. The molecule has 0 heterocycles. The van der Waals surface area contributed by atoms with Gasteiger partial charge in [-0.1, -0.05) is 36.4 Å². The number of esters is 1. The first-order valence-corrected chi connectivity index (χ1v) is 7.58. The van der Waals surface area contributed by atoms with E-state index in [0.717, 1.165) is 13.0 Å². The number of hydrogen-bond donors (Lipinski definition) is 1. The fraction of sp³-hybridized carbons (Fsp3) is 0.389. The van der Waals surface area contributed by atoms with Gasteiger partial charge in [-0.15, -0.1) is 0 Å². The summed E-state index contributed by atoms with van der Waals surface area (Å²) < 4.78 is 4.92. The van der Waals surface area contributed by atoms with Crippen molar-refractivity contribution in [1.29, 1.82) is 0 Å². The van der Waals surface area contributed by atoms with Crippen LogP contribution in [0.5, 0.6) is 0 Å². The number of fused-ring (bicyclic) bond motifs is 1. The Balaban J connectivity index is 1.84. The maximum atomic E-state index is 11.3. The van der Waals surface area contributed by atoms with Crippen molar-refractivity contribution in [3.63, 3.8) is 0 Å². The SMILES string of the molecule is CCOC(=O)CCCNC(C)c1ccc2ccccc2c1. The molecule has 2 rings (SSSR count). The maximum Gasteiger partial charge on any atom is 0.305 e. The number of ether oxygens (including phenoxy) is 1. The lowest BCUT2D eigenvalue weighted by atomic mass is 10.0. The highest BCUT2D eigenvalue weighted by molar-refractivity contribution is 5.83. The number of carbonyl (C=O) groups is 1. The van der Waals surface area contributed by atoms with Crippen molar-refractivity contribution in [3.05, 3.63) is 48.0 Å². The van der Waals surface area contributed by atoms with E-state index in [4.69, 9.17) is 4.74 Å². The monoisotopic (exact) mass is 285 g/mol. The summed E-state index contributed by atoms with van der Waals surface area (Å²) in [6.45, 7) is 5.25. The smallest absolute Gasteiger partial charge is 0.305 e. The van der Waals surface area contributed by atoms with Gasteiger partial charge < -0.3 is 10.1 Å². The van der Waals surface area contributed by atoms with Crippen molar-refractivity contribution < 1.29 is 9.53 Å². The Morgan fingerprint density at radius 1 is 1.19 bits per heavy atom. The molecule has 0 fully saturated rings. The van der Waals surface area contributed by atoms with Crippen LogP contribution >= 0.6 is 0 Å². The molecule has 0 aliphatic rings. The van der Waals surface area contributed by atoms with E-state index in [1.165, 1.54) is 16.3 Å². The minimum Gasteiger partial charge on any atom is -0.466 e. The van der Waals surface area contributed by atoms with Gasteiger partial charge in [0.05, 0.1) is 6.61 Å². The lowest BCUT2D eigenvalue weighted by molar-refractivity contribution is -0.143. The average Bonchev–Trinajstić information content (AvgIpc) is 2.51. The van der Waals surface area contributed by atoms with Crippen LogP contribution in [0.25, 0.3) is 10.8 Å². The van der Waals surface area contributed by atoms with E-state index in [1.807, 2.05) is 6.92 Å². The topological polar surface area (TPSA) is 38.3 Å². The number of rotatable bonds is 7. The summed E-state index contributed by atoms with van der Waals surface area (Å²) in [5, 5.41) is 5.97. The molecule has 0 aliphatic carbocycles. The van der Waals surface area contributed by atoms with E-state index in [0.29, 0.717) is 13.0 Å². The van der Waals surface area contributed by atoms with Crippen LogP contribution in [0.2, 0.25) is 0 Å². The zero-order valence-electron chi connectivity index (χ0n) is 12.8. The van der Waals surface area contributed by atoms with Crippen LogP contribution in [0.4, 0.5) is 0 Å². The van der Waals surface area contributed by atoms with Crippen molar-refractivity contribution in [1.82, 2.24) is 5.32 Å². The van der Waals surface area contributed by atoms with E-state index in [2.05, 4.69) is 54.7 Å². The molecule has 0 aliphatic heterocycles. The molecule has 0 saturated carbocycles. The number of carbonyl (C=O) groups excluding carboxylic acids is 1. The zero-order valence-corrected chi connectivity index (χ0v) is 12.8. The highest BCUT2D eigenvalue weighted by atomic mass is 16.5. The molecule has 1 unspecified atom stereocenters. The normalized spacial score (nSPS) is 12.3. The summed E-state index contributed by atoms with van der Waals surface area (Å²) in [4.78, 5) is 11.3. The number of benzene rings is 2. The Kier molecular flexibility index (Phi) is 5.76. The predicted octanol–water partition coefficient (Wildman–Crippen LogP) is 3.83. The van der Waals surface area contributed by atoms with Crippen molar-refractivity contribution in [2.24, 2.45) is 0 Å². The van der Waals surface area contributed by atoms with Crippen LogP contribution < -0.4 is 5.32 Å². The molecule has 3 heteroatoms. The van der Waals surface area contributed by atoms with Gasteiger partial charge in [0.15, 0.2) is 0 Å². The maximum absolute atomic E-state index is 11.3. The Morgan fingerprint density at radius 2 is 1.95 bits per heavy atom. The third-order valence-corrected chi connectivity index (χ3v) is 3.59. The second kappa shape index (κ2) is 7.79. The van der Waals surface area contributed by atoms with Gasteiger partial charge in [-0.25, -0.2) is 0 Å². The van der Waals surface area contributed by atoms with Crippen molar-refractivity contribution >= 4 is 16.7 Å². The lowest BCUT2D eigenvalue weighted by Crippen LogP contribution is -2.20. The van der Waals surface area contributed by atoms with Gasteiger partial charge in [0.25, 0.3) is 0 Å². The molecule has 0 aromatic heterocycles. The van der Waals surface area contributed by atoms with Crippen LogP contribution in [-0.4, -0.2) is 19.1 Å². The molecular formula is C18H23NO2. The van der Waals surface area contributed by atoms with Gasteiger partial charge in [0.2, 0.25) is 0 Å². The third kappa shape index (κ3) is 4.57. The standard InChI is InChI=1S/C18H23NO2/c1-3-21-18(20)9-6-12-19-14(2)16-11-10-15-7-4-5-8-17(15)13-16/h4-5,7-8,10-11,13-14,19H,3,6,9,12H2,1-2H3. The Hall–Kier alpha value is -1.87. The molecular weight excluding hydrogens is 262 g/mol. The first kappa shape index (κ1) is 15.5. The summed E-state index contributed by atoms with van der Waals surface area (Å²) in [6.07, 6.45) is 1.28. The largest absolute Gasteiger partial charge is 0.466 e. The fourth-order valence-corrected chi connectivity index (χ4v) is 2.38. The minimum atomic E-state index is -0.113. The van der Waals surface area contributed by atoms with Gasteiger partial charge >= 0.3 is 5.97 Å². The quantitative estimate of drug-likeness (QED) is 0.620. The van der Waals surface area contributed by atoms with E-state index < -0.39 is 0 Å². The van der Waals surface area contributed by atoms with Gasteiger partial charge in [-0.3, -0.25) is 4.79 Å². The van der Waals surface area contributed by atoms with E-state index in [-0.39, 0.29) is 12.0 Å². The van der Waals surface area contributed by atoms with Crippen molar-refractivity contribution in [3.8, 4) is 0 Å². The van der Waals surface area contributed by atoms with Crippen LogP contribution in [0.1, 0.15) is 38.3 Å². The third-order valence-electron chi connectivity index (χ3n) is 3.59. The Labute approximate surface area is 126 Å². The first-order chi connectivity index (χ1) is 10.2. The van der Waals surface area contributed by atoms with Gasteiger partial charge in [0.1, 0.15) is 0 Å². The van der Waals surface area contributed by atoms with Crippen LogP contribution in [0.15, 0.2) is 42.5 Å². The predicted molar refractivity (Wildman–Crippen MR) is 86.2 cm³/mol. The van der Waals surface area contributed by atoms with Gasteiger partial charge in [-0.05, 0) is 49.2 Å². The Bertz CT molecular complexity index is 595. The summed E-state index contributed by atoms with van der Waals surface area (Å²) >= 11 is 0. The molecule has 0 spiro atoms. The van der Waals surface area contributed by atoms with Crippen LogP contribution in [0, 0.1) is 0 Å². The van der Waals surface area contributed by atoms with Crippen LogP contribution in [-0.2, 0) is 9.53 Å². The summed E-state index contributed by atoms with van der Waals surface area (Å²) in [5.41, 5.74) is 1.27. The molecule has 2 aromatic rings. The molecule has 3 nitrogen and oxygen atoms in total. The first-order valence-electron chi connectivity index (χ1n) is 7.58. The Morgan fingerprint density at radius 3 is 2.71 bits per heavy atom. The number of nitrogens with one attached hydrogen (secondary N) is 1. The van der Waals surface area contributed by atoms with Gasteiger partial charge in [0, 0.05) is 12.5 Å². The summed E-state index contributed by atoms with van der Waals surface area (Å²) in [7, 11) is 0. The number of hydrogen-bond acceptors (Lipinski definition) is 3. The van der Waals surface area contributed by atoms with E-state index in [1.54, 1.807) is 0 Å². The fourth-order valence-electron chi connectivity index (χ4n) is 2.38. The molecule has 0 amide bonds. The molecule has 0 radical (unpaired) electrons. The molecule has 0 saturated heterocycles. The second-order valence-electron chi connectivity index (χ2n) is 5.19. The molecule has 112 valence electrons. The average molecular weight is 285 g/mol. The lowest BCUT2D eigenvalue weighted by Gasteiger charge is -2.15. The summed E-state index contributed by atoms with van der Waals surface area (Å²) in [5.74, 6) is -0.113. The molecule has 21 heavy (non-hydrogen) atoms. The van der Waals surface area contributed by atoms with Crippen molar-refractivity contribution in [2.75, 3.05) is 13.2 Å². The minimum absolute atomic E-state index is 0.113. The van der Waals surface area contributed by atoms with E-state index in [9.17, 15) is 4.79 Å². The second-order valence-corrected chi connectivity index (χ2v) is 5.19. The molecule has 2 aromatic carbocycles. The van der Waals surface area contributed by atoms with Crippen LogP contribution in [0.3, 0.4) is 0 Å². The molecule has 1 atom stereocenters. The highest BCUT2D eigenvalue weighted by Gasteiger charge is 2.06. The zero-order chi connectivity index (χ0) is 15.1.